The number of nitrogens with zero attached hydrogens (tertiary/aromatic N) is 2. The molecule has 1 heterocycles. The Labute approximate surface area is 141 Å². The molecule has 1 aliphatic rings. The van der Waals surface area contributed by atoms with Gasteiger partial charge < -0.3 is 5.32 Å². The molecule has 1 aromatic heterocycles. The van der Waals surface area contributed by atoms with Gasteiger partial charge in [-0.05, 0) is 37.1 Å². The van der Waals surface area contributed by atoms with E-state index in [0.717, 1.165) is 23.9 Å². The minimum absolute atomic E-state index is 0.0712. The van der Waals surface area contributed by atoms with Crippen LogP contribution < -0.4 is 5.32 Å². The zero-order valence-corrected chi connectivity index (χ0v) is 13.4. The first-order valence-electron chi connectivity index (χ1n) is 6.90. The summed E-state index contributed by atoms with van der Waals surface area (Å²) in [7, 11) is 0. The summed E-state index contributed by atoms with van der Waals surface area (Å²) >= 11 is 7.20. The van der Waals surface area contributed by atoms with E-state index in [-0.39, 0.29) is 10.6 Å². The predicted molar refractivity (Wildman–Crippen MR) is 87.7 cm³/mol. The van der Waals surface area contributed by atoms with Gasteiger partial charge in [0.05, 0.1) is 15.7 Å². The number of nitrogens with one attached hydrogen (secondary N) is 1. The molecule has 116 valence electrons. The van der Waals surface area contributed by atoms with Gasteiger partial charge in [0.2, 0.25) is 0 Å². The number of carbonyl (C=O) groups excluding carboxylic acids is 1. The van der Waals surface area contributed by atoms with Gasteiger partial charge >= 0.3 is 0 Å². The SMILES string of the molecule is N#C/C(=C/c1csc(C2CC2)n1)C(=O)Nc1ccc(F)c(Cl)c1. The molecule has 0 atom stereocenters. The molecule has 1 aromatic carbocycles. The maximum absolute atomic E-state index is 13.1. The van der Waals surface area contributed by atoms with Crippen molar-refractivity contribution >= 4 is 40.6 Å². The third kappa shape index (κ3) is 3.76. The fourth-order valence-corrected chi connectivity index (χ4v) is 3.08. The summed E-state index contributed by atoms with van der Waals surface area (Å²) in [6.45, 7) is 0. The second-order valence-electron chi connectivity index (χ2n) is 5.14. The smallest absolute Gasteiger partial charge is 0.266 e. The van der Waals surface area contributed by atoms with Crippen LogP contribution in [0.15, 0.2) is 29.2 Å². The van der Waals surface area contributed by atoms with Gasteiger partial charge in [-0.1, -0.05) is 11.6 Å². The lowest BCUT2D eigenvalue weighted by atomic mass is 10.2. The monoisotopic (exact) mass is 347 g/mol. The number of hydrogen-bond acceptors (Lipinski definition) is 4. The van der Waals surface area contributed by atoms with Gasteiger partial charge in [0.1, 0.15) is 17.5 Å². The molecule has 1 N–H and O–H groups in total. The zero-order chi connectivity index (χ0) is 16.4. The average molecular weight is 348 g/mol. The van der Waals surface area contributed by atoms with Crippen LogP contribution in [0.4, 0.5) is 10.1 Å². The molecule has 0 saturated heterocycles. The van der Waals surface area contributed by atoms with Crippen molar-refractivity contribution in [1.82, 2.24) is 4.98 Å². The Balaban J connectivity index is 1.76. The van der Waals surface area contributed by atoms with Crippen molar-refractivity contribution in [1.29, 1.82) is 5.26 Å². The molecular weight excluding hydrogens is 337 g/mol. The Bertz CT molecular complexity index is 836. The number of halogens is 2. The van der Waals surface area contributed by atoms with Gasteiger partial charge in [0, 0.05) is 17.0 Å². The summed E-state index contributed by atoms with van der Waals surface area (Å²) in [5, 5.41) is 14.5. The molecule has 1 saturated carbocycles. The van der Waals surface area contributed by atoms with E-state index in [2.05, 4.69) is 10.3 Å². The van der Waals surface area contributed by atoms with Gasteiger partial charge in [-0.2, -0.15) is 5.26 Å². The van der Waals surface area contributed by atoms with E-state index in [9.17, 15) is 14.4 Å². The highest BCUT2D eigenvalue weighted by molar-refractivity contribution is 7.09. The van der Waals surface area contributed by atoms with Crippen LogP contribution in [0.1, 0.15) is 29.5 Å². The molecule has 1 amide bonds. The van der Waals surface area contributed by atoms with Crippen molar-refractivity contribution in [3.8, 4) is 6.07 Å². The van der Waals surface area contributed by atoms with Crippen LogP contribution in [0.5, 0.6) is 0 Å². The predicted octanol–water partition coefficient (Wildman–Crippen LogP) is 4.36. The van der Waals surface area contributed by atoms with E-state index in [1.165, 1.54) is 29.5 Å². The molecule has 0 unspecified atom stereocenters. The number of carbonyl (C=O) groups is 1. The van der Waals surface area contributed by atoms with E-state index in [1.54, 1.807) is 0 Å². The van der Waals surface area contributed by atoms with Crippen LogP contribution in [0.25, 0.3) is 6.08 Å². The number of thiazole rings is 1. The molecule has 4 nitrogen and oxygen atoms in total. The fourth-order valence-electron chi connectivity index (χ4n) is 1.95. The number of hydrogen-bond donors (Lipinski definition) is 1. The molecule has 2 aromatic rings. The average Bonchev–Trinajstić information content (AvgIpc) is 3.28. The first kappa shape index (κ1) is 15.7. The minimum atomic E-state index is -0.587. The molecule has 7 heteroatoms. The Morgan fingerprint density at radius 2 is 2.30 bits per heavy atom. The van der Waals surface area contributed by atoms with Gasteiger partial charge in [-0.3, -0.25) is 4.79 Å². The van der Waals surface area contributed by atoms with Crippen LogP contribution in [0, 0.1) is 17.1 Å². The van der Waals surface area contributed by atoms with Crippen molar-refractivity contribution in [3.63, 3.8) is 0 Å². The maximum Gasteiger partial charge on any atom is 0.266 e. The Kier molecular flexibility index (Phi) is 4.42. The van der Waals surface area contributed by atoms with Gasteiger partial charge in [0.15, 0.2) is 0 Å². The first-order valence-corrected chi connectivity index (χ1v) is 8.16. The second-order valence-corrected chi connectivity index (χ2v) is 6.43. The fraction of sp³-hybridized carbons (Fsp3) is 0.188. The number of anilines is 1. The van der Waals surface area contributed by atoms with Crippen molar-refractivity contribution in [3.05, 3.63) is 50.7 Å². The number of rotatable bonds is 4. The number of aromatic nitrogens is 1. The topological polar surface area (TPSA) is 65.8 Å². The van der Waals surface area contributed by atoms with E-state index in [1.807, 2.05) is 11.4 Å². The number of amides is 1. The summed E-state index contributed by atoms with van der Waals surface area (Å²) in [5.41, 5.74) is 0.846. The number of nitriles is 1. The Morgan fingerprint density at radius 3 is 2.96 bits per heavy atom. The molecule has 0 aliphatic heterocycles. The van der Waals surface area contributed by atoms with Crippen LogP contribution in [0.3, 0.4) is 0 Å². The van der Waals surface area contributed by atoms with Gasteiger partial charge in [-0.25, -0.2) is 9.37 Å². The van der Waals surface area contributed by atoms with E-state index >= 15 is 0 Å². The molecule has 0 radical (unpaired) electrons. The molecule has 1 fully saturated rings. The summed E-state index contributed by atoms with van der Waals surface area (Å²) in [5.74, 6) is -0.630. The third-order valence-corrected chi connectivity index (χ3v) is 4.62. The van der Waals surface area contributed by atoms with Crippen LogP contribution in [0.2, 0.25) is 5.02 Å². The van der Waals surface area contributed by atoms with Gasteiger partial charge in [-0.15, -0.1) is 11.3 Å². The normalized spacial score (nSPS) is 14.4. The lowest BCUT2D eigenvalue weighted by molar-refractivity contribution is -0.112. The van der Waals surface area contributed by atoms with E-state index in [4.69, 9.17) is 11.6 Å². The van der Waals surface area contributed by atoms with Crippen molar-refractivity contribution < 1.29 is 9.18 Å². The van der Waals surface area contributed by atoms with Crippen molar-refractivity contribution in [2.45, 2.75) is 18.8 Å². The molecule has 1 aliphatic carbocycles. The third-order valence-electron chi connectivity index (χ3n) is 3.30. The highest BCUT2D eigenvalue weighted by Crippen LogP contribution is 2.41. The van der Waals surface area contributed by atoms with Crippen LogP contribution in [-0.2, 0) is 4.79 Å². The van der Waals surface area contributed by atoms with Crippen molar-refractivity contribution in [2.24, 2.45) is 0 Å². The number of benzene rings is 1. The molecule has 3 rings (SSSR count). The highest BCUT2D eigenvalue weighted by Gasteiger charge is 2.26. The molecule has 0 bridgehead atoms. The van der Waals surface area contributed by atoms with Gasteiger partial charge in [0.25, 0.3) is 5.91 Å². The summed E-state index contributed by atoms with van der Waals surface area (Å²) in [4.78, 5) is 16.5. The standard InChI is InChI=1S/C16H11ClFN3OS/c17-13-6-11(3-4-14(13)18)20-15(22)10(7-19)5-12-8-23-16(21-12)9-1-2-9/h3-6,8-9H,1-2H2,(H,20,22)/b10-5-. The van der Waals surface area contributed by atoms with Crippen molar-refractivity contribution in [2.75, 3.05) is 5.32 Å². The largest absolute Gasteiger partial charge is 0.321 e. The summed E-state index contributed by atoms with van der Waals surface area (Å²) in [6.07, 6.45) is 3.74. The Morgan fingerprint density at radius 1 is 1.52 bits per heavy atom. The van der Waals surface area contributed by atoms with Crippen LogP contribution in [-0.4, -0.2) is 10.9 Å². The quantitative estimate of drug-likeness (QED) is 0.660. The highest BCUT2D eigenvalue weighted by atomic mass is 35.5. The molecular formula is C16H11ClFN3OS. The van der Waals surface area contributed by atoms with Crippen LogP contribution >= 0.6 is 22.9 Å². The lowest BCUT2D eigenvalue weighted by Crippen LogP contribution is -2.13. The Hall–Kier alpha value is -2.23. The first-order chi connectivity index (χ1) is 11.1. The second kappa shape index (κ2) is 6.49. The zero-order valence-electron chi connectivity index (χ0n) is 11.8. The molecule has 0 spiro atoms. The van der Waals surface area contributed by atoms with E-state index in [0.29, 0.717) is 17.3 Å². The molecule has 23 heavy (non-hydrogen) atoms. The lowest BCUT2D eigenvalue weighted by Gasteiger charge is -2.04. The maximum atomic E-state index is 13.1. The summed E-state index contributed by atoms with van der Waals surface area (Å²) < 4.78 is 13.1. The summed E-state index contributed by atoms with van der Waals surface area (Å²) in [6, 6.07) is 5.67. The van der Waals surface area contributed by atoms with E-state index < -0.39 is 11.7 Å². The minimum Gasteiger partial charge on any atom is -0.321 e.